The van der Waals surface area contributed by atoms with E-state index >= 15 is 0 Å². The van der Waals surface area contributed by atoms with Crippen molar-refractivity contribution in [3.63, 3.8) is 0 Å². The van der Waals surface area contributed by atoms with Gasteiger partial charge in [0.15, 0.2) is 0 Å². The molecule has 0 bridgehead atoms. The molecule has 0 unspecified atom stereocenters. The molecule has 166 valence electrons. The van der Waals surface area contributed by atoms with Gasteiger partial charge in [-0.2, -0.15) is 5.10 Å². The number of aromatic nitrogens is 2. The average Bonchev–Trinajstić information content (AvgIpc) is 3.32. The van der Waals surface area contributed by atoms with Crippen LogP contribution in [0.2, 0.25) is 0 Å². The van der Waals surface area contributed by atoms with E-state index in [1.165, 1.54) is 11.3 Å². The summed E-state index contributed by atoms with van der Waals surface area (Å²) in [6.07, 6.45) is 0. The number of rotatable bonds is 5. The van der Waals surface area contributed by atoms with E-state index in [2.05, 4.69) is 38.8 Å². The number of benzene rings is 4. The van der Waals surface area contributed by atoms with Gasteiger partial charge in [-0.15, -0.1) is 10.2 Å². The summed E-state index contributed by atoms with van der Waals surface area (Å²) in [5, 5.41) is 19.0. The van der Waals surface area contributed by atoms with E-state index in [4.69, 9.17) is 0 Å². The molecule has 5 rings (SSSR count). The highest BCUT2D eigenvalue weighted by atomic mass is 32.1. The Hall–Kier alpha value is -4.36. The summed E-state index contributed by atoms with van der Waals surface area (Å²) in [4.78, 5) is 13.4. The maximum absolute atomic E-state index is 12.9. The van der Waals surface area contributed by atoms with Crippen molar-refractivity contribution in [1.29, 1.82) is 0 Å². The lowest BCUT2D eigenvalue weighted by molar-refractivity contribution is 0.102. The normalized spacial score (nSPS) is 12.1. The van der Waals surface area contributed by atoms with Crippen molar-refractivity contribution in [3.8, 4) is 5.69 Å². The molecule has 0 spiro atoms. The van der Waals surface area contributed by atoms with E-state index in [-0.39, 0.29) is 5.91 Å². The van der Waals surface area contributed by atoms with Gasteiger partial charge in [-0.3, -0.25) is 4.79 Å². The lowest BCUT2D eigenvalue weighted by Gasteiger charge is -2.04. The molecule has 4 aromatic carbocycles. The third-order valence-corrected chi connectivity index (χ3v) is 6.15. The zero-order valence-corrected chi connectivity index (χ0v) is 19.2. The van der Waals surface area contributed by atoms with Crippen molar-refractivity contribution in [2.24, 2.45) is 10.2 Å². The minimum Gasteiger partial charge on any atom is -0.320 e. The molecule has 6 nitrogen and oxygen atoms in total. The minimum atomic E-state index is -0.294. The smallest absolute Gasteiger partial charge is 0.286 e. The largest absolute Gasteiger partial charge is 0.320 e. The fourth-order valence-electron chi connectivity index (χ4n) is 3.59. The molecule has 1 amide bonds. The van der Waals surface area contributed by atoms with E-state index in [9.17, 15) is 4.79 Å². The highest BCUT2D eigenvalue weighted by Gasteiger charge is 2.15. The number of anilines is 1. The summed E-state index contributed by atoms with van der Waals surface area (Å²) in [7, 11) is 0. The molecule has 0 aliphatic carbocycles. The number of fused-ring (bicyclic) bond motifs is 1. The van der Waals surface area contributed by atoms with Gasteiger partial charge in [-0.05, 0) is 42.0 Å². The second-order valence-corrected chi connectivity index (χ2v) is 8.53. The molecular weight excluding hydrogens is 442 g/mol. The summed E-state index contributed by atoms with van der Waals surface area (Å²) in [5.74, 6) is -0.294. The predicted molar refractivity (Wildman–Crippen MR) is 138 cm³/mol. The third-order valence-electron chi connectivity index (χ3n) is 5.25. The van der Waals surface area contributed by atoms with Gasteiger partial charge in [0.05, 0.1) is 11.4 Å². The van der Waals surface area contributed by atoms with E-state index in [0.29, 0.717) is 15.5 Å². The molecule has 5 aromatic rings. The highest BCUT2D eigenvalue weighted by Crippen LogP contribution is 2.19. The summed E-state index contributed by atoms with van der Waals surface area (Å²) < 4.78 is 1.64. The Labute approximate surface area is 200 Å². The quantitative estimate of drug-likeness (QED) is 0.270. The van der Waals surface area contributed by atoms with E-state index in [1.54, 1.807) is 4.68 Å². The number of hydrogen-bond acceptors (Lipinski definition) is 5. The second kappa shape index (κ2) is 9.64. The number of para-hydroxylation sites is 2. The molecule has 0 radical (unpaired) electrons. The Bertz CT molecular complexity index is 1550. The van der Waals surface area contributed by atoms with Crippen LogP contribution in [0.3, 0.4) is 0 Å². The van der Waals surface area contributed by atoms with Crippen LogP contribution in [0.25, 0.3) is 16.5 Å². The molecule has 0 aliphatic rings. The molecule has 0 atom stereocenters. The summed E-state index contributed by atoms with van der Waals surface area (Å²) >= 11 is 1.19. The number of carbonyl (C=O) groups excluding carboxylic acids is 1. The molecular formula is C27H21N5OS. The molecule has 0 fully saturated rings. The van der Waals surface area contributed by atoms with Crippen LogP contribution in [0.1, 0.15) is 22.3 Å². The van der Waals surface area contributed by atoms with Crippen LogP contribution in [-0.4, -0.2) is 21.4 Å². The van der Waals surface area contributed by atoms with Crippen LogP contribution in [0, 0.1) is 0 Å². The summed E-state index contributed by atoms with van der Waals surface area (Å²) in [6.45, 7) is 1.93. The molecule has 0 aliphatic heterocycles. The first kappa shape index (κ1) is 21.5. The van der Waals surface area contributed by atoms with Gasteiger partial charge in [0.25, 0.3) is 5.91 Å². The van der Waals surface area contributed by atoms with Gasteiger partial charge in [0.1, 0.15) is 0 Å². The van der Waals surface area contributed by atoms with Crippen molar-refractivity contribution >= 4 is 39.4 Å². The van der Waals surface area contributed by atoms with E-state index in [0.717, 1.165) is 27.7 Å². The highest BCUT2D eigenvalue weighted by molar-refractivity contribution is 7.11. The van der Waals surface area contributed by atoms with E-state index in [1.807, 2.05) is 91.9 Å². The maximum Gasteiger partial charge on any atom is 0.286 e. The lowest BCUT2D eigenvalue weighted by atomic mass is 10.0. The first-order valence-corrected chi connectivity index (χ1v) is 11.6. The van der Waals surface area contributed by atoms with Crippen molar-refractivity contribution in [2.45, 2.75) is 6.92 Å². The first-order chi connectivity index (χ1) is 16.7. The Morgan fingerprint density at radius 3 is 2.32 bits per heavy atom. The van der Waals surface area contributed by atoms with E-state index < -0.39 is 0 Å². The van der Waals surface area contributed by atoms with Crippen LogP contribution in [0.15, 0.2) is 113 Å². The zero-order valence-electron chi connectivity index (χ0n) is 18.4. The number of carbonyl (C=O) groups is 1. The molecule has 0 saturated carbocycles. The lowest BCUT2D eigenvalue weighted by Crippen LogP contribution is -2.15. The maximum atomic E-state index is 12.9. The van der Waals surface area contributed by atoms with Crippen molar-refractivity contribution in [3.05, 3.63) is 119 Å². The van der Waals surface area contributed by atoms with Crippen LogP contribution in [-0.2, 0) is 0 Å². The summed E-state index contributed by atoms with van der Waals surface area (Å²) in [6, 6.07) is 33.2. The van der Waals surface area contributed by atoms with Crippen molar-refractivity contribution in [2.75, 3.05) is 5.32 Å². The van der Waals surface area contributed by atoms with Crippen LogP contribution in [0.5, 0.6) is 0 Å². The standard InChI is InChI=1S/C27H21N5OS/c1-19(23-18-10-12-20-11-8-9-17-24(20)23)29-30-27-32(22-15-6-3-7-16-22)31-26(34-27)25(33)28-21-13-4-2-5-14-21/h2-18H,1H3,(H,28,33)/b29-19+,30-27+. The van der Waals surface area contributed by atoms with Gasteiger partial charge in [0.2, 0.25) is 9.81 Å². The molecule has 1 N–H and O–H groups in total. The molecule has 7 heteroatoms. The molecule has 34 heavy (non-hydrogen) atoms. The fourth-order valence-corrected chi connectivity index (χ4v) is 4.35. The average molecular weight is 464 g/mol. The van der Waals surface area contributed by atoms with Gasteiger partial charge < -0.3 is 5.32 Å². The zero-order chi connectivity index (χ0) is 23.3. The third kappa shape index (κ3) is 4.55. The number of nitrogens with zero attached hydrogens (tertiary/aromatic N) is 4. The van der Waals surface area contributed by atoms with Crippen molar-refractivity contribution < 1.29 is 4.79 Å². The fraction of sp³-hybridized carbons (Fsp3) is 0.0370. The first-order valence-electron chi connectivity index (χ1n) is 10.8. The Balaban J connectivity index is 1.56. The second-order valence-electron chi connectivity index (χ2n) is 7.57. The van der Waals surface area contributed by atoms with Gasteiger partial charge in [-0.1, -0.05) is 90.2 Å². The Kier molecular flexibility index (Phi) is 6.09. The Morgan fingerprint density at radius 2 is 1.53 bits per heavy atom. The monoisotopic (exact) mass is 463 g/mol. The molecule has 1 aromatic heterocycles. The SMILES string of the molecule is C/C(=N\N=c1\sc(C(=O)Nc2ccccc2)nn1-c1ccccc1)c1cccc2ccccc12. The van der Waals surface area contributed by atoms with Gasteiger partial charge in [-0.25, -0.2) is 4.68 Å². The topological polar surface area (TPSA) is 71.6 Å². The Morgan fingerprint density at radius 1 is 0.853 bits per heavy atom. The van der Waals surface area contributed by atoms with Crippen LogP contribution < -0.4 is 10.1 Å². The number of nitrogens with one attached hydrogen (secondary N) is 1. The number of hydrogen-bond donors (Lipinski definition) is 1. The van der Waals surface area contributed by atoms with Gasteiger partial charge >= 0.3 is 0 Å². The molecule has 0 saturated heterocycles. The van der Waals surface area contributed by atoms with Crippen molar-refractivity contribution in [1.82, 2.24) is 9.78 Å². The molecule has 1 heterocycles. The van der Waals surface area contributed by atoms with Crippen LogP contribution >= 0.6 is 11.3 Å². The minimum absolute atomic E-state index is 0.294. The van der Waals surface area contributed by atoms with Gasteiger partial charge in [0, 0.05) is 11.3 Å². The predicted octanol–water partition coefficient (Wildman–Crippen LogP) is 5.66. The van der Waals surface area contributed by atoms with Crippen LogP contribution in [0.4, 0.5) is 5.69 Å². The number of amides is 1. The summed E-state index contributed by atoms with van der Waals surface area (Å²) in [5.41, 5.74) is 3.30.